The number of benzene rings is 1. The standard InChI is InChI=1S/C35H52N2O8S2/c1-11-46-35(47-12-2,30(38)42-10)20-18-26-29-24(19-22-36(26)21-13-14-23-43-32(40)45-34(6,7)8)28-25(16-15-17-27(28)41-9)37(29)31(39)44-33(3,4)5/h13-17,26H,11-12,18-23H2,1-10H3/b14-13+/t26-/m0/s1. The lowest BCUT2D eigenvalue weighted by Crippen LogP contribution is -2.40. The Labute approximate surface area is 288 Å². The molecule has 0 spiro atoms. The lowest BCUT2D eigenvalue weighted by molar-refractivity contribution is -0.141. The summed E-state index contributed by atoms with van der Waals surface area (Å²) in [4.78, 5) is 41.7. The van der Waals surface area contributed by atoms with Crippen molar-refractivity contribution in [1.82, 2.24) is 9.47 Å². The van der Waals surface area contributed by atoms with Gasteiger partial charge in [0.15, 0.2) is 4.08 Å². The summed E-state index contributed by atoms with van der Waals surface area (Å²) in [7, 11) is 3.07. The fraction of sp³-hybridized carbons (Fsp3) is 0.629. The predicted molar refractivity (Wildman–Crippen MR) is 190 cm³/mol. The summed E-state index contributed by atoms with van der Waals surface area (Å²) in [5.41, 5.74) is 1.25. The van der Waals surface area contributed by atoms with E-state index in [2.05, 4.69) is 4.90 Å². The van der Waals surface area contributed by atoms with Crippen molar-refractivity contribution in [2.45, 2.75) is 96.0 Å². The van der Waals surface area contributed by atoms with Gasteiger partial charge in [0.2, 0.25) is 0 Å². The Morgan fingerprint density at radius 1 is 0.957 bits per heavy atom. The van der Waals surface area contributed by atoms with E-state index in [1.165, 1.54) is 7.11 Å². The normalized spacial score (nSPS) is 15.8. The Morgan fingerprint density at radius 2 is 1.62 bits per heavy atom. The third-order valence-corrected chi connectivity index (χ3v) is 10.4. The van der Waals surface area contributed by atoms with E-state index in [9.17, 15) is 14.4 Å². The number of carbonyl (C=O) groups excluding carboxylic acids is 3. The van der Waals surface area contributed by atoms with Crippen molar-refractivity contribution in [2.24, 2.45) is 0 Å². The van der Waals surface area contributed by atoms with Gasteiger partial charge in [-0.25, -0.2) is 19.0 Å². The largest absolute Gasteiger partial charge is 0.509 e. The molecule has 0 amide bonds. The summed E-state index contributed by atoms with van der Waals surface area (Å²) >= 11 is 3.18. The molecule has 3 rings (SSSR count). The van der Waals surface area contributed by atoms with Gasteiger partial charge in [-0.15, -0.1) is 23.5 Å². The fourth-order valence-corrected chi connectivity index (χ4v) is 8.73. The Morgan fingerprint density at radius 3 is 2.19 bits per heavy atom. The number of esters is 1. The first kappa shape index (κ1) is 38.6. The molecule has 1 atom stereocenters. The second-order valence-corrected chi connectivity index (χ2v) is 16.6. The fourth-order valence-electron chi connectivity index (χ4n) is 5.83. The van der Waals surface area contributed by atoms with Crippen LogP contribution in [-0.2, 0) is 30.2 Å². The highest BCUT2D eigenvalue weighted by Crippen LogP contribution is 2.47. The molecule has 0 aliphatic carbocycles. The number of fused-ring (bicyclic) bond motifs is 3. The molecule has 2 aromatic rings. The topological polar surface area (TPSA) is 106 Å². The van der Waals surface area contributed by atoms with Crippen molar-refractivity contribution in [1.29, 1.82) is 0 Å². The number of ether oxygens (including phenoxy) is 5. The minimum atomic E-state index is -0.793. The Bertz CT molecular complexity index is 1420. The monoisotopic (exact) mass is 692 g/mol. The van der Waals surface area contributed by atoms with Crippen LogP contribution in [0.5, 0.6) is 5.75 Å². The molecule has 0 saturated heterocycles. The zero-order valence-electron chi connectivity index (χ0n) is 29.6. The second-order valence-electron chi connectivity index (χ2n) is 13.2. The van der Waals surface area contributed by atoms with Crippen molar-refractivity contribution >= 4 is 52.6 Å². The van der Waals surface area contributed by atoms with E-state index in [-0.39, 0.29) is 18.6 Å². The quantitative estimate of drug-likeness (QED) is 0.0883. The molecule has 0 radical (unpaired) electrons. The molecule has 0 unspecified atom stereocenters. The Hall–Kier alpha value is -2.83. The molecule has 0 bridgehead atoms. The number of thioether (sulfide) groups is 2. The van der Waals surface area contributed by atoms with Gasteiger partial charge in [0.25, 0.3) is 0 Å². The number of rotatable bonds is 13. The maximum absolute atomic E-state index is 14.0. The van der Waals surface area contributed by atoms with Gasteiger partial charge in [-0.05, 0) is 96.1 Å². The van der Waals surface area contributed by atoms with E-state index >= 15 is 0 Å². The molecular formula is C35H52N2O8S2. The molecule has 0 N–H and O–H groups in total. The molecule has 1 aromatic heterocycles. The van der Waals surface area contributed by atoms with Gasteiger partial charge < -0.3 is 23.7 Å². The number of methoxy groups -OCH3 is 2. The van der Waals surface area contributed by atoms with Crippen LogP contribution in [0, 0.1) is 0 Å². The highest BCUT2D eigenvalue weighted by atomic mass is 32.2. The number of hydrogen-bond donors (Lipinski definition) is 0. The molecule has 1 aliphatic rings. The third kappa shape index (κ3) is 9.85. The average molecular weight is 693 g/mol. The first-order valence-corrected chi connectivity index (χ1v) is 18.1. The smallest absolute Gasteiger partial charge is 0.496 e. The molecule has 2 heterocycles. The van der Waals surface area contributed by atoms with E-state index < -0.39 is 27.5 Å². The summed E-state index contributed by atoms with van der Waals surface area (Å²) in [5, 5.41) is 0.895. The van der Waals surface area contributed by atoms with E-state index in [4.69, 9.17) is 23.7 Å². The minimum Gasteiger partial charge on any atom is -0.496 e. The highest BCUT2D eigenvalue weighted by molar-refractivity contribution is 8.19. The third-order valence-electron chi connectivity index (χ3n) is 7.49. The van der Waals surface area contributed by atoms with Crippen LogP contribution in [0.1, 0.15) is 85.5 Å². The maximum Gasteiger partial charge on any atom is 0.509 e. The molecule has 47 heavy (non-hydrogen) atoms. The van der Waals surface area contributed by atoms with Crippen molar-refractivity contribution in [3.8, 4) is 5.75 Å². The van der Waals surface area contributed by atoms with Crippen molar-refractivity contribution in [2.75, 3.05) is 45.4 Å². The molecule has 12 heteroatoms. The van der Waals surface area contributed by atoms with Crippen LogP contribution < -0.4 is 4.74 Å². The van der Waals surface area contributed by atoms with E-state index in [0.29, 0.717) is 38.1 Å². The molecule has 1 aliphatic heterocycles. The number of nitrogens with zero attached hydrogens (tertiary/aromatic N) is 2. The van der Waals surface area contributed by atoms with Gasteiger partial charge in [0.05, 0.1) is 31.5 Å². The molecular weight excluding hydrogens is 641 g/mol. The van der Waals surface area contributed by atoms with E-state index in [0.717, 1.165) is 33.7 Å². The molecule has 0 saturated carbocycles. The van der Waals surface area contributed by atoms with E-state index in [1.807, 2.05) is 58.9 Å². The van der Waals surface area contributed by atoms with Crippen molar-refractivity contribution in [3.05, 3.63) is 41.6 Å². The Kier molecular flexibility index (Phi) is 13.6. The molecule has 1 aromatic carbocycles. The first-order valence-electron chi connectivity index (χ1n) is 16.2. The first-order chi connectivity index (χ1) is 22.1. The van der Waals surface area contributed by atoms with Crippen LogP contribution in [0.4, 0.5) is 9.59 Å². The summed E-state index contributed by atoms with van der Waals surface area (Å²) < 4.78 is 28.5. The summed E-state index contributed by atoms with van der Waals surface area (Å²) in [5.74, 6) is 1.93. The van der Waals surface area contributed by atoms with Gasteiger partial charge in [0.1, 0.15) is 23.6 Å². The van der Waals surface area contributed by atoms with Crippen molar-refractivity contribution < 1.29 is 38.1 Å². The lowest BCUT2D eigenvalue weighted by Gasteiger charge is -2.38. The molecule has 10 nitrogen and oxygen atoms in total. The van der Waals surface area contributed by atoms with Gasteiger partial charge in [-0.2, -0.15) is 0 Å². The predicted octanol–water partition coefficient (Wildman–Crippen LogP) is 8.00. The van der Waals surface area contributed by atoms with Crippen LogP contribution in [0.25, 0.3) is 10.9 Å². The van der Waals surface area contributed by atoms with Crippen LogP contribution >= 0.6 is 23.5 Å². The number of carbonyl (C=O) groups is 3. The van der Waals surface area contributed by atoms with Gasteiger partial charge >= 0.3 is 18.2 Å². The van der Waals surface area contributed by atoms with Gasteiger partial charge in [-0.1, -0.05) is 26.0 Å². The van der Waals surface area contributed by atoms with Gasteiger partial charge in [-0.3, -0.25) is 4.90 Å². The summed E-state index contributed by atoms with van der Waals surface area (Å²) in [6, 6.07) is 5.47. The SMILES string of the molecule is CCSC(CC[C@H]1c2c(c3c(OC)cccc3n2C(=O)OC(C)(C)C)CCN1C/C=C/COC(=O)OC(C)(C)C)(SCC)C(=O)OC. The van der Waals surface area contributed by atoms with Crippen LogP contribution in [0.2, 0.25) is 0 Å². The van der Waals surface area contributed by atoms with Gasteiger partial charge in [0, 0.05) is 18.5 Å². The average Bonchev–Trinajstić information content (AvgIpc) is 3.33. The highest BCUT2D eigenvalue weighted by Gasteiger charge is 2.43. The zero-order chi connectivity index (χ0) is 35.0. The van der Waals surface area contributed by atoms with Crippen LogP contribution in [0.3, 0.4) is 0 Å². The van der Waals surface area contributed by atoms with E-state index in [1.54, 1.807) is 62.0 Å². The summed E-state index contributed by atoms with van der Waals surface area (Å²) in [6.45, 7) is 16.3. The second kappa shape index (κ2) is 16.5. The molecule has 0 fully saturated rings. The van der Waals surface area contributed by atoms with Crippen LogP contribution in [-0.4, -0.2) is 88.4 Å². The van der Waals surface area contributed by atoms with Crippen molar-refractivity contribution in [3.63, 3.8) is 0 Å². The maximum atomic E-state index is 14.0. The molecule has 262 valence electrons. The zero-order valence-corrected chi connectivity index (χ0v) is 31.2. The Balaban J connectivity index is 2.10. The minimum absolute atomic E-state index is 0.0692. The number of aromatic nitrogens is 1. The lowest BCUT2D eigenvalue weighted by atomic mass is 9.93. The van der Waals surface area contributed by atoms with Crippen LogP contribution in [0.15, 0.2) is 30.4 Å². The number of hydrogen-bond acceptors (Lipinski definition) is 11. The summed E-state index contributed by atoms with van der Waals surface area (Å²) in [6.07, 6.45) is 4.34.